The fourth-order valence-corrected chi connectivity index (χ4v) is 3.16. The number of halogens is 4. The van der Waals surface area contributed by atoms with Crippen molar-refractivity contribution in [3.63, 3.8) is 0 Å². The van der Waals surface area contributed by atoms with E-state index in [0.29, 0.717) is 18.6 Å². The van der Waals surface area contributed by atoms with Crippen LogP contribution in [0.3, 0.4) is 0 Å². The average Bonchev–Trinajstić information content (AvgIpc) is 2.36. The molecule has 1 aromatic rings. The van der Waals surface area contributed by atoms with Gasteiger partial charge in [-0.25, -0.2) is 12.8 Å². The molecule has 0 fully saturated rings. The molecule has 5 nitrogen and oxygen atoms in total. The van der Waals surface area contributed by atoms with Crippen molar-refractivity contribution in [3.05, 3.63) is 29.6 Å². The van der Waals surface area contributed by atoms with Crippen molar-refractivity contribution in [1.29, 1.82) is 0 Å². The van der Waals surface area contributed by atoms with Gasteiger partial charge >= 0.3 is 12.1 Å². The first kappa shape index (κ1) is 18.4. The topological polar surface area (TPSA) is 83.5 Å². The molecule has 0 radical (unpaired) electrons. The number of rotatable bonds is 6. The molecule has 10 heteroatoms. The van der Waals surface area contributed by atoms with Gasteiger partial charge in [0.25, 0.3) is 0 Å². The van der Waals surface area contributed by atoms with E-state index in [2.05, 4.69) is 0 Å². The lowest BCUT2D eigenvalue weighted by Crippen LogP contribution is -2.41. The molecular weight excluding hydrogens is 330 g/mol. The van der Waals surface area contributed by atoms with E-state index in [1.54, 1.807) is 11.6 Å². The van der Waals surface area contributed by atoms with Crippen LogP contribution in [0.15, 0.2) is 23.1 Å². The van der Waals surface area contributed by atoms with Crippen molar-refractivity contribution >= 4 is 16.0 Å². The van der Waals surface area contributed by atoms with Gasteiger partial charge in [-0.15, -0.1) is 0 Å². The van der Waals surface area contributed by atoms with E-state index < -0.39 is 44.5 Å². The Kier molecular flexibility index (Phi) is 5.52. The predicted molar refractivity (Wildman–Crippen MR) is 68.1 cm³/mol. The summed E-state index contributed by atoms with van der Waals surface area (Å²) in [6.07, 6.45) is -4.90. The summed E-state index contributed by atoms with van der Waals surface area (Å²) >= 11 is 0. The lowest BCUT2D eigenvalue weighted by atomic mass is 10.2. The van der Waals surface area contributed by atoms with Crippen LogP contribution < -0.4 is 4.72 Å². The van der Waals surface area contributed by atoms with Crippen molar-refractivity contribution in [2.24, 2.45) is 0 Å². The van der Waals surface area contributed by atoms with E-state index in [1.165, 1.54) is 0 Å². The monoisotopic (exact) mass is 343 g/mol. The van der Waals surface area contributed by atoms with Crippen LogP contribution in [0.2, 0.25) is 0 Å². The average molecular weight is 343 g/mol. The molecule has 0 aliphatic carbocycles. The number of alkyl halides is 3. The second kappa shape index (κ2) is 6.61. The van der Waals surface area contributed by atoms with Crippen LogP contribution in [-0.2, 0) is 21.0 Å². The highest BCUT2D eigenvalue weighted by molar-refractivity contribution is 7.89. The Morgan fingerprint density at radius 1 is 1.36 bits per heavy atom. The predicted octanol–water partition coefficient (Wildman–Crippen LogP) is 2.38. The maximum Gasteiger partial charge on any atom is 0.417 e. The van der Waals surface area contributed by atoms with Crippen LogP contribution in [0.1, 0.15) is 25.3 Å². The van der Waals surface area contributed by atoms with Gasteiger partial charge < -0.3 is 5.11 Å². The Morgan fingerprint density at radius 3 is 2.41 bits per heavy atom. The fourth-order valence-electron chi connectivity index (χ4n) is 1.73. The van der Waals surface area contributed by atoms with Crippen molar-refractivity contribution in [3.8, 4) is 0 Å². The Balaban J connectivity index is 3.31. The van der Waals surface area contributed by atoms with Crippen LogP contribution in [-0.4, -0.2) is 25.5 Å². The highest BCUT2D eigenvalue weighted by Crippen LogP contribution is 2.34. The van der Waals surface area contributed by atoms with Crippen molar-refractivity contribution in [2.75, 3.05) is 0 Å². The summed E-state index contributed by atoms with van der Waals surface area (Å²) in [5.74, 6) is -2.77. The highest BCUT2D eigenvalue weighted by Gasteiger charge is 2.38. The van der Waals surface area contributed by atoms with Gasteiger partial charge in [-0.05, 0) is 24.6 Å². The largest absolute Gasteiger partial charge is 0.480 e. The number of carboxylic acid groups (broad SMARTS) is 1. The molecule has 1 aromatic carbocycles. The minimum Gasteiger partial charge on any atom is -0.480 e. The SMILES string of the molecule is CCCC(NS(=O)(=O)c1ccc(F)cc1C(F)(F)F)C(=O)O. The number of hydrogen-bond donors (Lipinski definition) is 2. The van der Waals surface area contributed by atoms with Crippen LogP contribution in [0.4, 0.5) is 17.6 Å². The van der Waals surface area contributed by atoms with E-state index >= 15 is 0 Å². The van der Waals surface area contributed by atoms with E-state index in [9.17, 15) is 30.8 Å². The van der Waals surface area contributed by atoms with Gasteiger partial charge in [0.1, 0.15) is 11.9 Å². The minimum absolute atomic E-state index is 0.0458. The number of sulfonamides is 1. The molecule has 0 saturated carbocycles. The zero-order valence-electron chi connectivity index (χ0n) is 11.3. The van der Waals surface area contributed by atoms with Crippen LogP contribution in [0, 0.1) is 5.82 Å². The van der Waals surface area contributed by atoms with Crippen molar-refractivity contribution in [1.82, 2.24) is 4.72 Å². The molecule has 0 aromatic heterocycles. The third-order valence-corrected chi connectivity index (χ3v) is 4.24. The molecule has 0 aliphatic rings. The fraction of sp³-hybridized carbons (Fsp3) is 0.417. The Morgan fingerprint density at radius 2 is 1.95 bits per heavy atom. The quantitative estimate of drug-likeness (QED) is 0.777. The lowest BCUT2D eigenvalue weighted by molar-refractivity contribution is -0.140. The number of aliphatic carboxylic acids is 1. The Bertz CT molecular complexity index is 658. The summed E-state index contributed by atoms with van der Waals surface area (Å²) in [5, 5.41) is 8.88. The number of carboxylic acids is 1. The number of carbonyl (C=O) groups is 1. The third kappa shape index (κ3) is 4.41. The smallest absolute Gasteiger partial charge is 0.417 e. The summed E-state index contributed by atoms with van der Waals surface area (Å²) in [5.41, 5.74) is -1.69. The second-order valence-corrected chi connectivity index (χ2v) is 6.12. The van der Waals surface area contributed by atoms with Gasteiger partial charge in [-0.3, -0.25) is 4.79 Å². The van der Waals surface area contributed by atoms with Gasteiger partial charge in [0, 0.05) is 0 Å². The molecule has 0 aliphatic heterocycles. The molecule has 124 valence electrons. The van der Waals surface area contributed by atoms with E-state index in [4.69, 9.17) is 5.11 Å². The molecule has 0 bridgehead atoms. The van der Waals surface area contributed by atoms with Crippen LogP contribution in [0.5, 0.6) is 0 Å². The molecule has 0 heterocycles. The first-order chi connectivity index (χ1) is 9.99. The molecule has 2 N–H and O–H groups in total. The van der Waals surface area contributed by atoms with Crippen LogP contribution >= 0.6 is 0 Å². The Labute approximate surface area is 124 Å². The van der Waals surface area contributed by atoms with Crippen molar-refractivity contribution in [2.45, 2.75) is 36.9 Å². The zero-order valence-corrected chi connectivity index (χ0v) is 12.1. The van der Waals surface area contributed by atoms with Gasteiger partial charge in [-0.2, -0.15) is 17.9 Å². The van der Waals surface area contributed by atoms with Crippen molar-refractivity contribution < 1.29 is 35.9 Å². The molecular formula is C12H13F4NO4S. The molecule has 0 spiro atoms. The number of nitrogens with one attached hydrogen (secondary N) is 1. The van der Waals surface area contributed by atoms with E-state index in [-0.39, 0.29) is 12.5 Å². The third-order valence-electron chi connectivity index (χ3n) is 2.71. The highest BCUT2D eigenvalue weighted by atomic mass is 32.2. The molecule has 0 amide bonds. The summed E-state index contributed by atoms with van der Waals surface area (Å²) < 4.78 is 77.2. The second-order valence-electron chi connectivity index (χ2n) is 4.44. The minimum atomic E-state index is -5.10. The van der Waals surface area contributed by atoms with E-state index in [1.807, 2.05) is 0 Å². The maximum absolute atomic E-state index is 13.0. The van der Waals surface area contributed by atoms with Crippen LogP contribution in [0.25, 0.3) is 0 Å². The maximum atomic E-state index is 13.0. The first-order valence-corrected chi connectivity index (χ1v) is 7.59. The van der Waals surface area contributed by atoms with Gasteiger partial charge in [0.05, 0.1) is 10.5 Å². The molecule has 1 rings (SSSR count). The lowest BCUT2D eigenvalue weighted by Gasteiger charge is -2.17. The van der Waals surface area contributed by atoms with Gasteiger partial charge in [-0.1, -0.05) is 13.3 Å². The molecule has 1 atom stereocenters. The van der Waals surface area contributed by atoms with E-state index in [0.717, 1.165) is 0 Å². The number of benzene rings is 1. The summed E-state index contributed by atoms with van der Waals surface area (Å²) in [7, 11) is -4.77. The van der Waals surface area contributed by atoms with Gasteiger partial charge in [0.15, 0.2) is 0 Å². The first-order valence-electron chi connectivity index (χ1n) is 6.11. The zero-order chi connectivity index (χ0) is 17.1. The summed E-state index contributed by atoms with van der Waals surface area (Å²) in [6, 6.07) is -0.518. The molecule has 0 saturated heterocycles. The van der Waals surface area contributed by atoms with Gasteiger partial charge in [0.2, 0.25) is 10.0 Å². The summed E-state index contributed by atoms with van der Waals surface area (Å²) in [6.45, 7) is 1.59. The summed E-state index contributed by atoms with van der Waals surface area (Å²) in [4.78, 5) is 9.71. The standard InChI is InChI=1S/C12H13F4NO4S/c1-2-3-9(11(18)19)17-22(20,21)10-5-4-7(13)6-8(10)12(14,15)16/h4-6,9,17H,2-3H2,1H3,(H,18,19). The normalized spacial score (nSPS) is 13.9. The molecule has 22 heavy (non-hydrogen) atoms. The Hall–Kier alpha value is -1.68. The molecule has 1 unspecified atom stereocenters. The number of hydrogen-bond acceptors (Lipinski definition) is 3.